The summed E-state index contributed by atoms with van der Waals surface area (Å²) < 4.78 is 32.2. The van der Waals surface area contributed by atoms with Crippen LogP contribution in [0.4, 0.5) is 8.78 Å². The van der Waals surface area contributed by atoms with Gasteiger partial charge >= 0.3 is 0 Å². The molecule has 0 amide bonds. The van der Waals surface area contributed by atoms with E-state index in [2.05, 4.69) is 15.6 Å². The van der Waals surface area contributed by atoms with Gasteiger partial charge in [0.15, 0.2) is 5.96 Å². The maximum absolute atomic E-state index is 13.5. The molecular weight excluding hydrogens is 300 g/mol. The molecule has 0 radical (unpaired) electrons. The Bertz CT molecular complexity index is 519. The second-order valence-corrected chi connectivity index (χ2v) is 5.69. The van der Waals surface area contributed by atoms with E-state index in [1.807, 2.05) is 6.92 Å². The minimum atomic E-state index is -0.421. The molecule has 0 aliphatic heterocycles. The van der Waals surface area contributed by atoms with Crippen molar-refractivity contribution in [1.29, 1.82) is 0 Å². The molecule has 0 saturated heterocycles. The summed E-state index contributed by atoms with van der Waals surface area (Å²) in [6.45, 7) is 5.21. The summed E-state index contributed by atoms with van der Waals surface area (Å²) >= 11 is 0. The topological polar surface area (TPSA) is 45.7 Å². The van der Waals surface area contributed by atoms with Crippen molar-refractivity contribution in [3.63, 3.8) is 0 Å². The van der Waals surface area contributed by atoms with Crippen molar-refractivity contribution in [2.24, 2.45) is 10.9 Å². The van der Waals surface area contributed by atoms with Crippen molar-refractivity contribution < 1.29 is 13.5 Å². The molecule has 4 nitrogen and oxygen atoms in total. The Kier molecular flexibility index (Phi) is 7.26. The van der Waals surface area contributed by atoms with E-state index in [0.717, 1.165) is 31.2 Å². The van der Waals surface area contributed by atoms with Crippen LogP contribution in [-0.2, 0) is 11.2 Å². The second-order valence-electron chi connectivity index (χ2n) is 5.69. The van der Waals surface area contributed by atoms with E-state index in [-0.39, 0.29) is 5.82 Å². The Morgan fingerprint density at radius 1 is 1.30 bits per heavy atom. The molecular formula is C17H25F2N3O. The number of hydrogen-bond acceptors (Lipinski definition) is 2. The summed E-state index contributed by atoms with van der Waals surface area (Å²) in [6, 6.07) is 3.51. The lowest BCUT2D eigenvalue weighted by Gasteiger charge is -2.11. The number of nitrogens with one attached hydrogen (secondary N) is 2. The molecule has 2 N–H and O–H groups in total. The van der Waals surface area contributed by atoms with Crippen LogP contribution in [0.25, 0.3) is 0 Å². The highest BCUT2D eigenvalue weighted by atomic mass is 19.1. The summed E-state index contributed by atoms with van der Waals surface area (Å²) in [5.74, 6) is 0.615. The van der Waals surface area contributed by atoms with Crippen LogP contribution >= 0.6 is 0 Å². The first-order chi connectivity index (χ1) is 11.2. The maximum atomic E-state index is 13.5. The predicted octanol–water partition coefficient (Wildman–Crippen LogP) is 2.49. The van der Waals surface area contributed by atoms with Crippen molar-refractivity contribution >= 4 is 5.96 Å². The van der Waals surface area contributed by atoms with Gasteiger partial charge in [-0.3, -0.25) is 4.99 Å². The standard InChI is InChI=1S/C17H25F2N3O/c1-2-20-17(22-9-10-23-12-13-3-4-13)21-8-7-14-11-15(18)5-6-16(14)19/h5-6,11,13H,2-4,7-10,12H2,1H3,(H2,20,21,22). The molecule has 23 heavy (non-hydrogen) atoms. The van der Waals surface area contributed by atoms with Gasteiger partial charge in [0.05, 0.1) is 13.2 Å². The van der Waals surface area contributed by atoms with Gasteiger partial charge in [-0.1, -0.05) is 0 Å². The van der Waals surface area contributed by atoms with Crippen molar-refractivity contribution in [2.45, 2.75) is 26.2 Å². The molecule has 0 heterocycles. The van der Waals surface area contributed by atoms with Gasteiger partial charge in [-0.05, 0) is 55.9 Å². The fraction of sp³-hybridized carbons (Fsp3) is 0.588. The minimum Gasteiger partial charge on any atom is -0.379 e. The molecule has 0 aromatic heterocycles. The van der Waals surface area contributed by atoms with Crippen LogP contribution in [0, 0.1) is 17.6 Å². The average molecular weight is 325 g/mol. The van der Waals surface area contributed by atoms with Gasteiger partial charge in [0.1, 0.15) is 11.6 Å². The van der Waals surface area contributed by atoms with Crippen LogP contribution in [0.5, 0.6) is 0 Å². The Balaban J connectivity index is 1.70. The molecule has 2 rings (SSSR count). The predicted molar refractivity (Wildman–Crippen MR) is 87.6 cm³/mol. The molecule has 0 unspecified atom stereocenters. The van der Waals surface area contributed by atoms with Gasteiger partial charge in [0, 0.05) is 19.7 Å². The summed E-state index contributed by atoms with van der Waals surface area (Å²) in [7, 11) is 0. The van der Waals surface area contributed by atoms with E-state index in [9.17, 15) is 8.78 Å². The molecule has 0 bridgehead atoms. The van der Waals surface area contributed by atoms with Crippen LogP contribution in [-0.4, -0.2) is 38.8 Å². The van der Waals surface area contributed by atoms with Crippen molar-refractivity contribution in [2.75, 3.05) is 32.8 Å². The van der Waals surface area contributed by atoms with Gasteiger partial charge in [0.25, 0.3) is 0 Å². The number of nitrogens with zero attached hydrogens (tertiary/aromatic N) is 1. The zero-order valence-corrected chi connectivity index (χ0v) is 13.6. The zero-order valence-electron chi connectivity index (χ0n) is 13.6. The van der Waals surface area contributed by atoms with E-state index in [0.29, 0.717) is 37.6 Å². The quantitative estimate of drug-likeness (QED) is 0.416. The molecule has 1 aliphatic carbocycles. The zero-order chi connectivity index (χ0) is 16.5. The Hall–Kier alpha value is -1.69. The third kappa shape index (κ3) is 6.95. The lowest BCUT2D eigenvalue weighted by Crippen LogP contribution is -2.38. The van der Waals surface area contributed by atoms with Gasteiger partial charge in [-0.2, -0.15) is 0 Å². The molecule has 0 spiro atoms. The molecule has 0 atom stereocenters. The van der Waals surface area contributed by atoms with Crippen molar-refractivity contribution in [1.82, 2.24) is 10.6 Å². The summed E-state index contributed by atoms with van der Waals surface area (Å²) in [5.41, 5.74) is 0.362. The molecule has 1 aliphatic rings. The second kappa shape index (κ2) is 9.45. The van der Waals surface area contributed by atoms with Crippen LogP contribution in [0.2, 0.25) is 0 Å². The number of benzene rings is 1. The summed E-state index contributed by atoms with van der Waals surface area (Å²) in [5, 5.41) is 6.24. The van der Waals surface area contributed by atoms with Gasteiger partial charge in [0.2, 0.25) is 0 Å². The number of hydrogen-bond donors (Lipinski definition) is 2. The number of guanidine groups is 1. The minimum absolute atomic E-state index is 0.362. The normalized spacial score (nSPS) is 14.8. The molecule has 1 aromatic carbocycles. The number of halogens is 2. The van der Waals surface area contributed by atoms with Crippen LogP contribution in [0.3, 0.4) is 0 Å². The molecule has 1 aromatic rings. The van der Waals surface area contributed by atoms with Crippen LogP contribution < -0.4 is 10.6 Å². The van der Waals surface area contributed by atoms with E-state index >= 15 is 0 Å². The number of rotatable bonds is 9. The molecule has 6 heteroatoms. The smallest absolute Gasteiger partial charge is 0.191 e. The molecule has 128 valence electrons. The first-order valence-electron chi connectivity index (χ1n) is 8.23. The van der Waals surface area contributed by atoms with Crippen molar-refractivity contribution in [3.8, 4) is 0 Å². The molecule has 1 saturated carbocycles. The summed E-state index contributed by atoms with van der Waals surface area (Å²) in [6.07, 6.45) is 2.96. The number of ether oxygens (including phenoxy) is 1. The third-order valence-electron chi connectivity index (χ3n) is 3.59. The van der Waals surface area contributed by atoms with Gasteiger partial charge < -0.3 is 15.4 Å². The lowest BCUT2D eigenvalue weighted by molar-refractivity contribution is 0.131. The first-order valence-corrected chi connectivity index (χ1v) is 8.23. The Labute approximate surface area is 136 Å². The fourth-order valence-corrected chi connectivity index (χ4v) is 2.15. The Morgan fingerprint density at radius 3 is 2.87 bits per heavy atom. The lowest BCUT2D eigenvalue weighted by atomic mass is 10.1. The highest BCUT2D eigenvalue weighted by Gasteiger charge is 2.20. The van der Waals surface area contributed by atoms with E-state index < -0.39 is 5.82 Å². The SMILES string of the molecule is CCNC(=NCCOCC1CC1)NCCc1cc(F)ccc1F. The van der Waals surface area contributed by atoms with Crippen LogP contribution in [0.1, 0.15) is 25.3 Å². The monoisotopic (exact) mass is 325 g/mol. The highest BCUT2D eigenvalue weighted by molar-refractivity contribution is 5.79. The fourth-order valence-electron chi connectivity index (χ4n) is 2.15. The maximum Gasteiger partial charge on any atom is 0.191 e. The Morgan fingerprint density at radius 2 is 2.13 bits per heavy atom. The first kappa shape index (κ1) is 17.7. The van der Waals surface area contributed by atoms with Crippen LogP contribution in [0.15, 0.2) is 23.2 Å². The third-order valence-corrected chi connectivity index (χ3v) is 3.59. The molecule has 1 fully saturated rings. The van der Waals surface area contributed by atoms with Crippen molar-refractivity contribution in [3.05, 3.63) is 35.4 Å². The highest BCUT2D eigenvalue weighted by Crippen LogP contribution is 2.28. The van der Waals surface area contributed by atoms with Gasteiger partial charge in [-0.15, -0.1) is 0 Å². The van der Waals surface area contributed by atoms with E-state index in [1.54, 1.807) is 0 Å². The van der Waals surface area contributed by atoms with Gasteiger partial charge in [-0.25, -0.2) is 8.78 Å². The summed E-state index contributed by atoms with van der Waals surface area (Å²) in [4.78, 5) is 4.40. The van der Waals surface area contributed by atoms with E-state index in [4.69, 9.17) is 4.74 Å². The average Bonchev–Trinajstić information content (AvgIpc) is 3.34. The largest absolute Gasteiger partial charge is 0.379 e. The van der Waals surface area contributed by atoms with E-state index in [1.165, 1.54) is 18.9 Å². The number of aliphatic imine (C=N–C) groups is 1.